The highest BCUT2D eigenvalue weighted by Crippen LogP contribution is 2.27. The maximum atomic E-state index is 13.0. The molecule has 0 aromatic heterocycles. The highest BCUT2D eigenvalue weighted by molar-refractivity contribution is 7.91. The lowest BCUT2D eigenvalue weighted by Gasteiger charge is -2.28. The lowest BCUT2D eigenvalue weighted by Crippen LogP contribution is -2.33. The molecular weight excluding hydrogens is 255 g/mol. The van der Waals surface area contributed by atoms with Crippen LogP contribution in [0.2, 0.25) is 0 Å². The first-order chi connectivity index (χ1) is 8.45. The zero-order valence-corrected chi connectivity index (χ0v) is 11.1. The van der Waals surface area contributed by atoms with Crippen molar-refractivity contribution in [1.82, 2.24) is 0 Å². The van der Waals surface area contributed by atoms with Crippen LogP contribution < -0.4 is 4.74 Å². The smallest absolute Gasteiger partial charge is 0.150 e. The maximum Gasteiger partial charge on any atom is 0.150 e. The molecule has 3 nitrogen and oxygen atoms in total. The summed E-state index contributed by atoms with van der Waals surface area (Å²) < 4.78 is 41.7. The van der Waals surface area contributed by atoms with Crippen LogP contribution in [0.5, 0.6) is 5.75 Å². The van der Waals surface area contributed by atoms with Crippen molar-refractivity contribution >= 4 is 9.84 Å². The molecule has 100 valence electrons. The second-order valence-corrected chi connectivity index (χ2v) is 7.14. The van der Waals surface area contributed by atoms with Gasteiger partial charge in [0.1, 0.15) is 21.4 Å². The van der Waals surface area contributed by atoms with Crippen LogP contribution in [-0.4, -0.2) is 26.0 Å². The molecule has 2 unspecified atom stereocenters. The van der Waals surface area contributed by atoms with E-state index in [0.29, 0.717) is 18.6 Å². The van der Waals surface area contributed by atoms with E-state index in [-0.39, 0.29) is 17.2 Å². The van der Waals surface area contributed by atoms with Gasteiger partial charge in [-0.3, -0.25) is 0 Å². The summed E-state index contributed by atoms with van der Waals surface area (Å²) in [5.74, 6) is 0.122. The average molecular weight is 272 g/mol. The van der Waals surface area contributed by atoms with Gasteiger partial charge >= 0.3 is 0 Å². The molecule has 1 aliphatic carbocycles. The van der Waals surface area contributed by atoms with Crippen molar-refractivity contribution in [1.29, 1.82) is 0 Å². The van der Waals surface area contributed by atoms with Gasteiger partial charge in [0.15, 0.2) is 0 Å². The standard InChI is InChI=1S/C13H17FO3S/c1-18(15,16)13-7-3-6-12(9-13)17-11-5-2-4-10(14)8-11/h2,4-5,8,12-13H,3,6-7,9H2,1H3. The second-order valence-electron chi connectivity index (χ2n) is 4.82. The first-order valence-electron chi connectivity index (χ1n) is 6.06. The van der Waals surface area contributed by atoms with E-state index in [1.54, 1.807) is 12.1 Å². The van der Waals surface area contributed by atoms with E-state index in [0.717, 1.165) is 12.8 Å². The largest absolute Gasteiger partial charge is 0.490 e. The molecule has 0 amide bonds. The van der Waals surface area contributed by atoms with E-state index in [1.165, 1.54) is 18.4 Å². The molecule has 1 saturated carbocycles. The topological polar surface area (TPSA) is 43.4 Å². The molecule has 1 fully saturated rings. The lowest BCUT2D eigenvalue weighted by atomic mass is 9.97. The van der Waals surface area contributed by atoms with Crippen LogP contribution in [0.25, 0.3) is 0 Å². The molecule has 0 aliphatic heterocycles. The third-order valence-corrected chi connectivity index (χ3v) is 4.92. The van der Waals surface area contributed by atoms with Crippen LogP contribution in [0.4, 0.5) is 4.39 Å². The summed E-state index contributed by atoms with van der Waals surface area (Å²) in [4.78, 5) is 0. The van der Waals surface area contributed by atoms with Crippen LogP contribution in [0.3, 0.4) is 0 Å². The summed E-state index contributed by atoms with van der Waals surface area (Å²) in [5, 5.41) is -0.329. The minimum Gasteiger partial charge on any atom is -0.490 e. The number of benzene rings is 1. The average Bonchev–Trinajstić information content (AvgIpc) is 2.28. The molecule has 0 radical (unpaired) electrons. The predicted molar refractivity (Wildman–Crippen MR) is 67.9 cm³/mol. The fourth-order valence-corrected chi connectivity index (χ4v) is 3.49. The summed E-state index contributed by atoms with van der Waals surface area (Å²) in [6, 6.07) is 5.95. The number of ether oxygens (including phenoxy) is 1. The van der Waals surface area contributed by atoms with Crippen LogP contribution in [0.15, 0.2) is 24.3 Å². The molecule has 0 heterocycles. The highest BCUT2D eigenvalue weighted by Gasteiger charge is 2.29. The Morgan fingerprint density at radius 2 is 2.11 bits per heavy atom. The highest BCUT2D eigenvalue weighted by atomic mass is 32.2. The maximum absolute atomic E-state index is 13.0. The van der Waals surface area contributed by atoms with Crippen molar-refractivity contribution < 1.29 is 17.5 Å². The molecule has 0 saturated heterocycles. The zero-order chi connectivity index (χ0) is 13.2. The fraction of sp³-hybridized carbons (Fsp3) is 0.538. The van der Waals surface area contributed by atoms with Gasteiger partial charge in [0.05, 0.1) is 11.4 Å². The number of halogens is 1. The van der Waals surface area contributed by atoms with Crippen molar-refractivity contribution in [3.63, 3.8) is 0 Å². The molecule has 5 heteroatoms. The minimum atomic E-state index is -3.01. The van der Waals surface area contributed by atoms with Crippen LogP contribution in [0, 0.1) is 5.82 Å². The molecular formula is C13H17FO3S. The van der Waals surface area contributed by atoms with Crippen molar-refractivity contribution in [2.45, 2.75) is 37.0 Å². The number of rotatable bonds is 3. The zero-order valence-electron chi connectivity index (χ0n) is 10.3. The Bertz CT molecular complexity index is 513. The van der Waals surface area contributed by atoms with Gasteiger partial charge in [-0.05, 0) is 31.4 Å². The molecule has 1 aromatic rings. The van der Waals surface area contributed by atoms with Crippen LogP contribution in [-0.2, 0) is 9.84 Å². The Morgan fingerprint density at radius 1 is 1.33 bits per heavy atom. The quantitative estimate of drug-likeness (QED) is 0.849. The first kappa shape index (κ1) is 13.3. The third-order valence-electron chi connectivity index (χ3n) is 3.28. The second kappa shape index (κ2) is 5.26. The van der Waals surface area contributed by atoms with E-state index < -0.39 is 9.84 Å². The molecule has 0 bridgehead atoms. The van der Waals surface area contributed by atoms with Crippen molar-refractivity contribution in [2.75, 3.05) is 6.26 Å². The van der Waals surface area contributed by atoms with E-state index in [9.17, 15) is 12.8 Å². The summed E-state index contributed by atoms with van der Waals surface area (Å²) in [6.45, 7) is 0. The van der Waals surface area contributed by atoms with E-state index in [4.69, 9.17) is 4.74 Å². The number of hydrogen-bond donors (Lipinski definition) is 0. The van der Waals surface area contributed by atoms with Gasteiger partial charge in [-0.1, -0.05) is 6.07 Å². The van der Waals surface area contributed by atoms with Gasteiger partial charge < -0.3 is 4.74 Å². The Morgan fingerprint density at radius 3 is 2.78 bits per heavy atom. The monoisotopic (exact) mass is 272 g/mol. The summed E-state index contributed by atoms with van der Waals surface area (Å²) >= 11 is 0. The third kappa shape index (κ3) is 3.45. The molecule has 0 N–H and O–H groups in total. The Labute approximate surface area is 107 Å². The van der Waals surface area contributed by atoms with Crippen molar-refractivity contribution in [3.8, 4) is 5.75 Å². The van der Waals surface area contributed by atoms with Gasteiger partial charge in [0.25, 0.3) is 0 Å². The van der Waals surface area contributed by atoms with Crippen molar-refractivity contribution in [2.24, 2.45) is 0 Å². The normalized spacial score (nSPS) is 24.8. The minimum absolute atomic E-state index is 0.139. The molecule has 1 aromatic carbocycles. The van der Waals surface area contributed by atoms with Gasteiger partial charge in [-0.15, -0.1) is 0 Å². The SMILES string of the molecule is CS(=O)(=O)C1CCCC(Oc2cccc(F)c2)C1. The van der Waals surface area contributed by atoms with Gasteiger partial charge in [0, 0.05) is 18.7 Å². The van der Waals surface area contributed by atoms with E-state index >= 15 is 0 Å². The van der Waals surface area contributed by atoms with Gasteiger partial charge in [-0.2, -0.15) is 0 Å². The molecule has 0 spiro atoms. The van der Waals surface area contributed by atoms with Gasteiger partial charge in [-0.25, -0.2) is 12.8 Å². The van der Waals surface area contributed by atoms with Crippen LogP contribution >= 0.6 is 0 Å². The lowest BCUT2D eigenvalue weighted by molar-refractivity contribution is 0.156. The number of sulfone groups is 1. The Kier molecular flexibility index (Phi) is 3.90. The van der Waals surface area contributed by atoms with E-state index in [2.05, 4.69) is 0 Å². The first-order valence-corrected chi connectivity index (χ1v) is 8.02. The Balaban J connectivity index is 2.02. The summed E-state index contributed by atoms with van der Waals surface area (Å²) in [6.07, 6.45) is 3.97. The van der Waals surface area contributed by atoms with E-state index in [1.807, 2.05) is 0 Å². The molecule has 18 heavy (non-hydrogen) atoms. The molecule has 1 aliphatic rings. The predicted octanol–water partition coefficient (Wildman–Crippen LogP) is 2.56. The fourth-order valence-electron chi connectivity index (χ4n) is 2.33. The Hall–Kier alpha value is -1.10. The number of hydrogen-bond acceptors (Lipinski definition) is 3. The van der Waals surface area contributed by atoms with Gasteiger partial charge in [0.2, 0.25) is 0 Å². The van der Waals surface area contributed by atoms with Crippen molar-refractivity contribution in [3.05, 3.63) is 30.1 Å². The molecule has 2 rings (SSSR count). The molecule has 2 atom stereocenters. The van der Waals surface area contributed by atoms with Crippen LogP contribution in [0.1, 0.15) is 25.7 Å². The summed E-state index contributed by atoms with van der Waals surface area (Å²) in [5.41, 5.74) is 0. The summed E-state index contributed by atoms with van der Waals surface area (Å²) in [7, 11) is -3.01.